The summed E-state index contributed by atoms with van der Waals surface area (Å²) in [6.45, 7) is 1.64. The number of nitrogens with zero attached hydrogens (tertiary/aromatic N) is 1. The second kappa shape index (κ2) is 8.63. The zero-order chi connectivity index (χ0) is 17.1. The van der Waals surface area contributed by atoms with E-state index in [9.17, 15) is 4.79 Å². The van der Waals surface area contributed by atoms with E-state index in [4.69, 9.17) is 14.2 Å². The number of benzene rings is 1. The molecule has 7 heteroatoms. The van der Waals surface area contributed by atoms with E-state index in [-0.39, 0.29) is 18.3 Å². The Bertz CT molecular complexity index is 586. The van der Waals surface area contributed by atoms with Crippen molar-refractivity contribution < 1.29 is 19.0 Å². The highest BCUT2D eigenvalue weighted by Crippen LogP contribution is 2.38. The molecule has 0 spiro atoms. The van der Waals surface area contributed by atoms with Crippen LogP contribution in [0.5, 0.6) is 17.2 Å². The van der Waals surface area contributed by atoms with Crippen molar-refractivity contribution >= 4 is 18.3 Å². The highest BCUT2D eigenvalue weighted by molar-refractivity contribution is 5.85. The first-order chi connectivity index (χ1) is 11.6. The number of nitrogens with one attached hydrogen (secondary N) is 1. The van der Waals surface area contributed by atoms with Gasteiger partial charge in [-0.25, -0.2) is 0 Å². The summed E-state index contributed by atoms with van der Waals surface area (Å²) in [6, 6.07) is 4.72. The van der Waals surface area contributed by atoms with Gasteiger partial charge in [0, 0.05) is 25.2 Å². The number of hydrogen-bond acceptors (Lipinski definition) is 5. The molecule has 6 nitrogen and oxygen atoms in total. The molecular formula is C18H27ClN2O4. The fourth-order valence-electron chi connectivity index (χ4n) is 3.69. The lowest BCUT2D eigenvalue weighted by atomic mass is 10.1. The summed E-state index contributed by atoms with van der Waals surface area (Å²) in [4.78, 5) is 14.7. The van der Waals surface area contributed by atoms with E-state index in [2.05, 4.69) is 5.32 Å². The van der Waals surface area contributed by atoms with Crippen molar-refractivity contribution in [1.29, 1.82) is 0 Å². The van der Waals surface area contributed by atoms with Crippen molar-refractivity contribution in [2.45, 2.75) is 37.8 Å². The first kappa shape index (κ1) is 19.7. The smallest absolute Gasteiger partial charge is 0.227 e. The number of rotatable bonds is 5. The summed E-state index contributed by atoms with van der Waals surface area (Å²) in [5.41, 5.74) is 0.872. The number of ether oxygens (including phenoxy) is 3. The highest BCUT2D eigenvalue weighted by Gasteiger charge is 2.31. The number of likely N-dealkylation sites (tertiary alicyclic amines) is 1. The van der Waals surface area contributed by atoms with Gasteiger partial charge in [0.05, 0.1) is 27.8 Å². The van der Waals surface area contributed by atoms with Crippen LogP contribution in [-0.2, 0) is 11.2 Å². The van der Waals surface area contributed by atoms with E-state index in [1.54, 1.807) is 21.3 Å². The zero-order valence-electron chi connectivity index (χ0n) is 15.0. The molecule has 1 aromatic carbocycles. The van der Waals surface area contributed by atoms with Gasteiger partial charge in [0.15, 0.2) is 11.5 Å². The maximum atomic E-state index is 12.7. The third-order valence-electron chi connectivity index (χ3n) is 4.96. The maximum absolute atomic E-state index is 12.7. The summed E-state index contributed by atoms with van der Waals surface area (Å²) >= 11 is 0. The van der Waals surface area contributed by atoms with Gasteiger partial charge in [-0.15, -0.1) is 12.4 Å². The third-order valence-corrected chi connectivity index (χ3v) is 4.96. The van der Waals surface area contributed by atoms with Crippen molar-refractivity contribution in [3.63, 3.8) is 0 Å². The van der Waals surface area contributed by atoms with E-state index in [0.717, 1.165) is 25.1 Å². The maximum Gasteiger partial charge on any atom is 0.227 e. The normalized spacial score (nSPS) is 22.0. The fourth-order valence-corrected chi connectivity index (χ4v) is 3.69. The molecule has 1 N–H and O–H groups in total. The van der Waals surface area contributed by atoms with E-state index >= 15 is 0 Å². The Hall–Kier alpha value is -1.66. The van der Waals surface area contributed by atoms with Crippen LogP contribution in [0.2, 0.25) is 0 Å². The molecule has 140 valence electrons. The number of carbonyl (C=O) groups is 1. The Morgan fingerprint density at radius 3 is 2.32 bits per heavy atom. The Labute approximate surface area is 155 Å². The highest BCUT2D eigenvalue weighted by atomic mass is 35.5. The third kappa shape index (κ3) is 4.30. The van der Waals surface area contributed by atoms with Gasteiger partial charge in [-0.3, -0.25) is 4.79 Å². The van der Waals surface area contributed by atoms with Crippen molar-refractivity contribution in [3.05, 3.63) is 17.7 Å². The number of halogens is 1. The monoisotopic (exact) mass is 370 g/mol. The molecule has 2 bridgehead atoms. The van der Waals surface area contributed by atoms with Crippen LogP contribution < -0.4 is 19.5 Å². The molecule has 3 rings (SSSR count). The number of fused-ring (bicyclic) bond motifs is 2. The van der Waals surface area contributed by atoms with Gasteiger partial charge in [-0.05, 0) is 37.0 Å². The van der Waals surface area contributed by atoms with Crippen molar-refractivity contribution in [2.75, 3.05) is 34.4 Å². The Morgan fingerprint density at radius 2 is 1.72 bits per heavy atom. The average molecular weight is 371 g/mol. The fraction of sp³-hybridized carbons (Fsp3) is 0.611. The molecule has 0 aliphatic carbocycles. The molecule has 2 fully saturated rings. The lowest BCUT2D eigenvalue weighted by molar-refractivity contribution is -0.130. The minimum Gasteiger partial charge on any atom is -0.493 e. The lowest BCUT2D eigenvalue weighted by Crippen LogP contribution is -2.39. The molecule has 0 aromatic heterocycles. The van der Waals surface area contributed by atoms with Crippen LogP contribution in [-0.4, -0.2) is 57.3 Å². The Morgan fingerprint density at radius 1 is 1.08 bits per heavy atom. The zero-order valence-corrected chi connectivity index (χ0v) is 15.9. The van der Waals surface area contributed by atoms with Crippen LogP contribution >= 0.6 is 12.4 Å². The molecule has 2 aliphatic heterocycles. The first-order valence-electron chi connectivity index (χ1n) is 8.47. The second-order valence-electron chi connectivity index (χ2n) is 6.48. The van der Waals surface area contributed by atoms with Gasteiger partial charge in [0.1, 0.15) is 0 Å². The van der Waals surface area contributed by atoms with Crippen LogP contribution in [0.15, 0.2) is 12.1 Å². The molecular weight excluding hydrogens is 344 g/mol. The second-order valence-corrected chi connectivity index (χ2v) is 6.48. The number of amides is 1. The molecule has 2 unspecified atom stereocenters. The van der Waals surface area contributed by atoms with Crippen LogP contribution in [0.3, 0.4) is 0 Å². The van der Waals surface area contributed by atoms with E-state index in [1.807, 2.05) is 17.0 Å². The van der Waals surface area contributed by atoms with Crippen molar-refractivity contribution in [3.8, 4) is 17.2 Å². The summed E-state index contributed by atoms with van der Waals surface area (Å²) < 4.78 is 16.1. The summed E-state index contributed by atoms with van der Waals surface area (Å²) in [5, 5.41) is 3.60. The van der Waals surface area contributed by atoms with E-state index < -0.39 is 0 Å². The topological polar surface area (TPSA) is 60.0 Å². The van der Waals surface area contributed by atoms with Crippen LogP contribution in [0.4, 0.5) is 0 Å². The standard InChI is InChI=1S/C18H26N2O4.ClH/c1-22-15-8-12(9-16(23-2)18(15)24-3)10-17(21)20-7-6-13-4-5-14(11-20)19-13;/h8-9,13-14,19H,4-7,10-11H2,1-3H3;1H. The van der Waals surface area contributed by atoms with Crippen molar-refractivity contribution in [2.24, 2.45) is 0 Å². The number of methoxy groups -OCH3 is 3. The molecule has 2 heterocycles. The van der Waals surface area contributed by atoms with Gasteiger partial charge in [0.25, 0.3) is 0 Å². The lowest BCUT2D eigenvalue weighted by Gasteiger charge is -2.24. The molecule has 0 radical (unpaired) electrons. The molecule has 2 atom stereocenters. The van der Waals surface area contributed by atoms with Gasteiger partial charge >= 0.3 is 0 Å². The number of carbonyl (C=O) groups excluding carboxylic acids is 1. The van der Waals surface area contributed by atoms with Gasteiger partial charge in [0.2, 0.25) is 11.7 Å². The quantitative estimate of drug-likeness (QED) is 0.859. The first-order valence-corrected chi connectivity index (χ1v) is 8.47. The Kier molecular flexibility index (Phi) is 6.79. The average Bonchev–Trinajstić information content (AvgIpc) is 2.92. The molecule has 1 amide bonds. The predicted octanol–water partition coefficient (Wildman–Crippen LogP) is 2.03. The minimum atomic E-state index is 0. The minimum absolute atomic E-state index is 0. The SMILES string of the molecule is COc1cc(CC(=O)N2CCC3CCC(C2)N3)cc(OC)c1OC.Cl. The molecule has 2 saturated heterocycles. The summed E-state index contributed by atoms with van der Waals surface area (Å²) in [5.74, 6) is 1.86. The number of hydrogen-bond donors (Lipinski definition) is 1. The summed E-state index contributed by atoms with van der Waals surface area (Å²) in [6.07, 6.45) is 3.78. The van der Waals surface area contributed by atoms with Crippen LogP contribution in [0.25, 0.3) is 0 Å². The molecule has 2 aliphatic rings. The van der Waals surface area contributed by atoms with Crippen LogP contribution in [0, 0.1) is 0 Å². The van der Waals surface area contributed by atoms with Gasteiger partial charge in [-0.1, -0.05) is 0 Å². The van der Waals surface area contributed by atoms with Crippen molar-refractivity contribution in [1.82, 2.24) is 10.2 Å². The molecule has 25 heavy (non-hydrogen) atoms. The Balaban J connectivity index is 0.00000225. The van der Waals surface area contributed by atoms with E-state index in [1.165, 1.54) is 12.8 Å². The molecule has 1 aromatic rings. The predicted molar refractivity (Wildman–Crippen MR) is 98.2 cm³/mol. The van der Waals surface area contributed by atoms with Gasteiger partial charge in [-0.2, -0.15) is 0 Å². The van der Waals surface area contributed by atoms with Gasteiger partial charge < -0.3 is 24.4 Å². The largest absolute Gasteiger partial charge is 0.493 e. The van der Waals surface area contributed by atoms with Crippen LogP contribution in [0.1, 0.15) is 24.8 Å². The van der Waals surface area contributed by atoms with E-state index in [0.29, 0.717) is 35.8 Å². The summed E-state index contributed by atoms with van der Waals surface area (Å²) in [7, 11) is 4.74. The molecule has 0 saturated carbocycles.